The molecule has 4 rings (SSSR count). The third kappa shape index (κ3) is 2.26. The normalized spacial score (nSPS) is 16.3. The van der Waals surface area contributed by atoms with Crippen LogP contribution in [0.25, 0.3) is 10.9 Å². The molecule has 0 aliphatic carbocycles. The molecule has 0 saturated carbocycles. The topological polar surface area (TPSA) is 90.1 Å². The zero-order chi connectivity index (χ0) is 16.5. The van der Waals surface area contributed by atoms with E-state index >= 15 is 0 Å². The predicted molar refractivity (Wildman–Crippen MR) is 96.8 cm³/mol. The molecule has 3 heterocycles. The minimum absolute atomic E-state index is 0.378. The summed E-state index contributed by atoms with van der Waals surface area (Å²) >= 11 is 0. The summed E-state index contributed by atoms with van der Waals surface area (Å²) in [6, 6.07) is 5.88. The molecular weight excluding hydrogens is 304 g/mol. The molecule has 7 heteroatoms. The number of fused-ring (bicyclic) bond motifs is 1. The number of carbonyl (C=O) groups is 1. The van der Waals surface area contributed by atoms with E-state index in [-0.39, 0.29) is 0 Å². The number of amides is 1. The van der Waals surface area contributed by atoms with Gasteiger partial charge in [-0.25, -0.2) is 0 Å². The Morgan fingerprint density at radius 2 is 1.79 bits per heavy atom. The molecule has 2 aliphatic heterocycles. The molecule has 0 saturated heterocycles. The van der Waals surface area contributed by atoms with Gasteiger partial charge in [0.1, 0.15) is 19.0 Å². The number of allylic oxidation sites excluding steroid dienone is 2. The van der Waals surface area contributed by atoms with Crippen LogP contribution in [0.15, 0.2) is 52.7 Å². The average Bonchev–Trinajstić information content (AvgIpc) is 3.03. The van der Waals surface area contributed by atoms with E-state index in [0.717, 1.165) is 22.3 Å². The molecule has 24 heavy (non-hydrogen) atoms. The standard InChI is InChI=1S/C17H16N6O/c18-17(24)15-16(23-9-3-7-20-11-23)14-12(21-15)4-1-5-13(14)22-8-2-6-19-10-22/h1-9,21H,10-11H2,(H2,18,24). The number of aromatic nitrogens is 1. The van der Waals surface area contributed by atoms with Crippen molar-refractivity contribution in [3.05, 3.63) is 48.4 Å². The summed E-state index contributed by atoms with van der Waals surface area (Å²) in [6.07, 6.45) is 11.1. The van der Waals surface area contributed by atoms with Gasteiger partial charge in [-0.1, -0.05) is 6.07 Å². The number of nitrogens with one attached hydrogen (secondary N) is 1. The van der Waals surface area contributed by atoms with Gasteiger partial charge in [0.25, 0.3) is 5.91 Å². The van der Waals surface area contributed by atoms with Crippen molar-refractivity contribution in [3.8, 4) is 0 Å². The maximum Gasteiger partial charge on any atom is 0.267 e. The number of benzene rings is 1. The van der Waals surface area contributed by atoms with E-state index in [1.807, 2.05) is 52.6 Å². The third-order valence-corrected chi connectivity index (χ3v) is 4.00. The van der Waals surface area contributed by atoms with Crippen molar-refractivity contribution in [1.29, 1.82) is 0 Å². The Kier molecular flexibility index (Phi) is 3.38. The molecule has 2 aliphatic rings. The van der Waals surface area contributed by atoms with E-state index in [1.165, 1.54) is 0 Å². The number of hydrogen-bond acceptors (Lipinski definition) is 5. The third-order valence-electron chi connectivity index (χ3n) is 4.00. The Hall–Kier alpha value is -3.35. The van der Waals surface area contributed by atoms with Gasteiger partial charge < -0.3 is 20.5 Å². The Bertz CT molecular complexity index is 921. The van der Waals surface area contributed by atoms with Crippen LogP contribution < -0.4 is 15.5 Å². The number of carbonyl (C=O) groups excluding carboxylic acids is 1. The molecule has 7 nitrogen and oxygen atoms in total. The quantitative estimate of drug-likeness (QED) is 0.906. The monoisotopic (exact) mass is 320 g/mol. The molecule has 0 atom stereocenters. The number of hydrogen-bond donors (Lipinski definition) is 2. The van der Waals surface area contributed by atoms with Crippen molar-refractivity contribution in [2.24, 2.45) is 15.7 Å². The zero-order valence-electron chi connectivity index (χ0n) is 12.9. The van der Waals surface area contributed by atoms with Gasteiger partial charge in [-0.3, -0.25) is 14.8 Å². The maximum atomic E-state index is 12.0. The number of nitrogens with two attached hydrogens (primary N) is 1. The van der Waals surface area contributed by atoms with E-state index < -0.39 is 5.91 Å². The van der Waals surface area contributed by atoms with Gasteiger partial charge in [0.05, 0.1) is 16.9 Å². The second-order valence-electron chi connectivity index (χ2n) is 5.48. The summed E-state index contributed by atoms with van der Waals surface area (Å²) in [6.45, 7) is 0.964. The largest absolute Gasteiger partial charge is 0.364 e. The highest BCUT2D eigenvalue weighted by molar-refractivity contribution is 6.13. The second kappa shape index (κ2) is 5.69. The average molecular weight is 320 g/mol. The number of nitrogens with zero attached hydrogens (tertiary/aromatic N) is 4. The van der Waals surface area contributed by atoms with Crippen LogP contribution in [0.5, 0.6) is 0 Å². The SMILES string of the molecule is NC(=O)c1[nH]c2cccc(N3C=CC=NC3)c2c1N1C=CC=NC1. The summed E-state index contributed by atoms with van der Waals surface area (Å²) < 4.78 is 0. The van der Waals surface area contributed by atoms with Crippen LogP contribution in [-0.4, -0.2) is 36.7 Å². The molecule has 120 valence electrons. The first kappa shape index (κ1) is 14.3. The molecule has 0 spiro atoms. The van der Waals surface area contributed by atoms with Gasteiger partial charge in [-0.05, 0) is 24.3 Å². The van der Waals surface area contributed by atoms with Gasteiger partial charge in [0.2, 0.25) is 0 Å². The lowest BCUT2D eigenvalue weighted by atomic mass is 10.1. The minimum Gasteiger partial charge on any atom is -0.364 e. The molecule has 0 unspecified atom stereocenters. The Morgan fingerprint density at radius 1 is 1.08 bits per heavy atom. The molecular formula is C17H16N6O. The zero-order valence-corrected chi connectivity index (χ0v) is 12.9. The fourth-order valence-corrected chi connectivity index (χ4v) is 2.99. The van der Waals surface area contributed by atoms with Crippen LogP contribution >= 0.6 is 0 Å². The van der Waals surface area contributed by atoms with Crippen LogP contribution in [0.4, 0.5) is 11.4 Å². The highest BCUT2D eigenvalue weighted by atomic mass is 16.1. The fraction of sp³-hybridized carbons (Fsp3) is 0.118. The Labute approximate surface area is 138 Å². The summed E-state index contributed by atoms with van der Waals surface area (Å²) in [5, 5.41) is 0.926. The maximum absolute atomic E-state index is 12.0. The first-order chi connectivity index (χ1) is 11.8. The van der Waals surface area contributed by atoms with Crippen LogP contribution in [-0.2, 0) is 0 Å². The summed E-state index contributed by atoms with van der Waals surface area (Å²) in [5.41, 5.74) is 8.53. The van der Waals surface area contributed by atoms with Crippen LogP contribution in [0, 0.1) is 0 Å². The highest BCUT2D eigenvalue weighted by Crippen LogP contribution is 2.39. The number of primary amides is 1. The van der Waals surface area contributed by atoms with Crippen molar-refractivity contribution >= 4 is 40.6 Å². The fourth-order valence-electron chi connectivity index (χ4n) is 2.99. The summed E-state index contributed by atoms with van der Waals surface area (Å²) in [7, 11) is 0. The summed E-state index contributed by atoms with van der Waals surface area (Å²) in [5.74, 6) is -0.498. The molecule has 0 radical (unpaired) electrons. The lowest BCUT2D eigenvalue weighted by molar-refractivity contribution is 0.0997. The lowest BCUT2D eigenvalue weighted by Crippen LogP contribution is -2.23. The van der Waals surface area contributed by atoms with E-state index in [9.17, 15) is 4.79 Å². The van der Waals surface area contributed by atoms with E-state index in [0.29, 0.717) is 19.0 Å². The highest BCUT2D eigenvalue weighted by Gasteiger charge is 2.24. The van der Waals surface area contributed by atoms with E-state index in [2.05, 4.69) is 15.0 Å². The molecule has 0 fully saturated rings. The number of rotatable bonds is 3. The number of aliphatic imine (C=N–C) groups is 2. The molecule has 1 aromatic heterocycles. The van der Waals surface area contributed by atoms with Crippen molar-refractivity contribution in [2.75, 3.05) is 23.1 Å². The van der Waals surface area contributed by atoms with Crippen LogP contribution in [0.1, 0.15) is 10.5 Å². The molecule has 1 amide bonds. The molecule has 1 aromatic carbocycles. The summed E-state index contributed by atoms with van der Waals surface area (Å²) in [4.78, 5) is 27.6. The van der Waals surface area contributed by atoms with Gasteiger partial charge in [0.15, 0.2) is 0 Å². The predicted octanol–water partition coefficient (Wildman–Crippen LogP) is 1.99. The lowest BCUT2D eigenvalue weighted by Gasteiger charge is -2.25. The van der Waals surface area contributed by atoms with Crippen molar-refractivity contribution in [3.63, 3.8) is 0 Å². The van der Waals surface area contributed by atoms with Gasteiger partial charge >= 0.3 is 0 Å². The Balaban J connectivity index is 1.96. The van der Waals surface area contributed by atoms with Crippen molar-refractivity contribution < 1.29 is 4.79 Å². The molecule has 0 bridgehead atoms. The van der Waals surface area contributed by atoms with Crippen molar-refractivity contribution in [1.82, 2.24) is 4.98 Å². The molecule has 2 aromatic rings. The van der Waals surface area contributed by atoms with Gasteiger partial charge in [-0.15, -0.1) is 0 Å². The first-order valence-electron chi connectivity index (χ1n) is 7.57. The van der Waals surface area contributed by atoms with E-state index in [1.54, 1.807) is 12.4 Å². The van der Waals surface area contributed by atoms with E-state index in [4.69, 9.17) is 5.73 Å². The van der Waals surface area contributed by atoms with Crippen molar-refractivity contribution in [2.45, 2.75) is 0 Å². The van der Waals surface area contributed by atoms with Gasteiger partial charge in [0, 0.05) is 30.2 Å². The first-order valence-corrected chi connectivity index (χ1v) is 7.57. The van der Waals surface area contributed by atoms with Crippen LogP contribution in [0.3, 0.4) is 0 Å². The second-order valence-corrected chi connectivity index (χ2v) is 5.48. The van der Waals surface area contributed by atoms with Crippen LogP contribution in [0.2, 0.25) is 0 Å². The minimum atomic E-state index is -0.498. The van der Waals surface area contributed by atoms with Gasteiger partial charge in [-0.2, -0.15) is 0 Å². The smallest absolute Gasteiger partial charge is 0.267 e. The number of anilines is 2. The molecule has 3 N–H and O–H groups in total. The number of H-pyrrole nitrogens is 1. The Morgan fingerprint density at radius 3 is 2.42 bits per heavy atom. The number of aromatic amines is 1.